The summed E-state index contributed by atoms with van der Waals surface area (Å²) in [5, 5.41) is 2.81. The number of likely N-dealkylation sites (tertiary alicyclic amines) is 1. The van der Waals surface area contributed by atoms with Gasteiger partial charge in [0.2, 0.25) is 0 Å². The standard InChI is InChI=1S/C19H27N5O3/c1-12(2)16(18(25)27-4)22-19(26)24-9-7-13(11-24)10-15-21-14-6-5-8-20-17(14)23(15)3/h5-6,8,12-13,16H,7,9-11H2,1-4H3,(H,22,26). The molecule has 1 saturated heterocycles. The number of imidazole rings is 1. The zero-order valence-corrected chi connectivity index (χ0v) is 16.3. The fourth-order valence-electron chi connectivity index (χ4n) is 3.54. The van der Waals surface area contributed by atoms with Crippen LogP contribution < -0.4 is 5.32 Å². The molecule has 0 spiro atoms. The van der Waals surface area contributed by atoms with Crippen molar-refractivity contribution < 1.29 is 14.3 Å². The fourth-order valence-corrected chi connectivity index (χ4v) is 3.54. The van der Waals surface area contributed by atoms with Crippen molar-refractivity contribution >= 4 is 23.2 Å². The maximum absolute atomic E-state index is 12.6. The van der Waals surface area contributed by atoms with Crippen LogP contribution in [0.3, 0.4) is 0 Å². The SMILES string of the molecule is COC(=O)C(NC(=O)N1CCC(Cc2nc3cccnc3n2C)C1)C(C)C. The number of rotatable bonds is 5. The average Bonchev–Trinajstić information content (AvgIpc) is 3.24. The molecule has 8 heteroatoms. The van der Waals surface area contributed by atoms with Crippen molar-refractivity contribution in [2.24, 2.45) is 18.9 Å². The Morgan fingerprint density at radius 2 is 2.19 bits per heavy atom. The van der Waals surface area contributed by atoms with E-state index in [9.17, 15) is 9.59 Å². The molecule has 27 heavy (non-hydrogen) atoms. The minimum atomic E-state index is -0.632. The van der Waals surface area contributed by atoms with Crippen LogP contribution in [-0.2, 0) is 23.0 Å². The van der Waals surface area contributed by atoms with E-state index in [1.165, 1.54) is 7.11 Å². The lowest BCUT2D eigenvalue weighted by Gasteiger charge is -2.24. The van der Waals surface area contributed by atoms with Crippen molar-refractivity contribution in [3.8, 4) is 0 Å². The summed E-state index contributed by atoms with van der Waals surface area (Å²) >= 11 is 0. The van der Waals surface area contributed by atoms with Gasteiger partial charge in [0.05, 0.1) is 7.11 Å². The number of nitrogens with one attached hydrogen (secondary N) is 1. The molecule has 2 atom stereocenters. The molecule has 0 saturated carbocycles. The first kappa shape index (κ1) is 19.1. The molecule has 2 amide bonds. The van der Waals surface area contributed by atoms with Gasteiger partial charge in [-0.25, -0.2) is 19.6 Å². The topological polar surface area (TPSA) is 89.3 Å². The van der Waals surface area contributed by atoms with Crippen molar-refractivity contribution in [1.82, 2.24) is 24.8 Å². The van der Waals surface area contributed by atoms with Gasteiger partial charge in [0, 0.05) is 32.8 Å². The molecule has 0 radical (unpaired) electrons. The predicted octanol–water partition coefficient (Wildman–Crippen LogP) is 1.74. The molecule has 1 fully saturated rings. The monoisotopic (exact) mass is 373 g/mol. The molecule has 8 nitrogen and oxygen atoms in total. The highest BCUT2D eigenvalue weighted by Gasteiger charge is 2.31. The van der Waals surface area contributed by atoms with Crippen molar-refractivity contribution in [2.45, 2.75) is 32.7 Å². The average molecular weight is 373 g/mol. The molecule has 2 aromatic rings. The van der Waals surface area contributed by atoms with Crippen molar-refractivity contribution in [3.05, 3.63) is 24.2 Å². The molecule has 0 bridgehead atoms. The van der Waals surface area contributed by atoms with E-state index < -0.39 is 12.0 Å². The summed E-state index contributed by atoms with van der Waals surface area (Å²) in [5.74, 6) is 0.862. The second kappa shape index (κ2) is 7.94. The molecular weight excluding hydrogens is 346 g/mol. The molecule has 3 rings (SSSR count). The van der Waals surface area contributed by atoms with Crippen molar-refractivity contribution in [2.75, 3.05) is 20.2 Å². The number of amides is 2. The number of urea groups is 1. The van der Waals surface area contributed by atoms with E-state index in [2.05, 4.69) is 15.3 Å². The molecule has 2 aromatic heterocycles. The lowest BCUT2D eigenvalue weighted by Crippen LogP contribution is -2.50. The summed E-state index contributed by atoms with van der Waals surface area (Å²) in [7, 11) is 3.31. The number of esters is 1. The summed E-state index contributed by atoms with van der Waals surface area (Å²) in [6.45, 7) is 5.09. The van der Waals surface area contributed by atoms with E-state index in [1.807, 2.05) is 37.6 Å². The predicted molar refractivity (Wildman–Crippen MR) is 101 cm³/mol. The summed E-state index contributed by atoms with van der Waals surface area (Å²) in [6, 6.07) is 2.99. The first-order valence-electron chi connectivity index (χ1n) is 9.30. The van der Waals surface area contributed by atoms with Gasteiger partial charge in [-0.15, -0.1) is 0 Å². The van der Waals surface area contributed by atoms with Gasteiger partial charge in [0.25, 0.3) is 0 Å². The molecule has 2 unspecified atom stereocenters. The van der Waals surface area contributed by atoms with Crippen LogP contribution in [0, 0.1) is 11.8 Å². The Labute approximate surface area is 158 Å². The van der Waals surface area contributed by atoms with E-state index in [1.54, 1.807) is 11.1 Å². The molecule has 0 aromatic carbocycles. The highest BCUT2D eigenvalue weighted by atomic mass is 16.5. The van der Waals surface area contributed by atoms with Crippen LogP contribution in [0.25, 0.3) is 11.2 Å². The minimum Gasteiger partial charge on any atom is -0.467 e. The number of hydrogen-bond donors (Lipinski definition) is 1. The number of ether oxygens (including phenoxy) is 1. The van der Waals surface area contributed by atoms with Gasteiger partial charge >= 0.3 is 12.0 Å². The number of carbonyl (C=O) groups is 2. The summed E-state index contributed by atoms with van der Waals surface area (Å²) in [6.07, 6.45) is 3.47. The highest BCUT2D eigenvalue weighted by Crippen LogP contribution is 2.22. The van der Waals surface area contributed by atoms with E-state index >= 15 is 0 Å². The maximum Gasteiger partial charge on any atom is 0.328 e. The van der Waals surface area contributed by atoms with Gasteiger partial charge in [-0.2, -0.15) is 0 Å². The zero-order valence-electron chi connectivity index (χ0n) is 16.3. The molecule has 1 N–H and O–H groups in total. The Kier molecular flexibility index (Phi) is 5.62. The highest BCUT2D eigenvalue weighted by molar-refractivity contribution is 5.83. The van der Waals surface area contributed by atoms with Gasteiger partial charge in [0.15, 0.2) is 5.65 Å². The number of aryl methyl sites for hydroxylation is 1. The third kappa shape index (κ3) is 4.04. The van der Waals surface area contributed by atoms with Gasteiger partial charge in [-0.1, -0.05) is 13.8 Å². The molecular formula is C19H27N5O3. The first-order chi connectivity index (χ1) is 12.9. The molecule has 3 heterocycles. The van der Waals surface area contributed by atoms with Crippen LogP contribution in [0.4, 0.5) is 4.79 Å². The molecule has 1 aliphatic rings. The van der Waals surface area contributed by atoms with Crippen molar-refractivity contribution in [3.63, 3.8) is 0 Å². The van der Waals surface area contributed by atoms with Crippen LogP contribution in [0.2, 0.25) is 0 Å². The summed E-state index contributed by atoms with van der Waals surface area (Å²) in [4.78, 5) is 35.2. The van der Waals surface area contributed by atoms with Crippen LogP contribution in [0.15, 0.2) is 18.3 Å². The number of aromatic nitrogens is 3. The first-order valence-corrected chi connectivity index (χ1v) is 9.30. The Morgan fingerprint density at radius 1 is 1.41 bits per heavy atom. The van der Waals surface area contributed by atoms with Gasteiger partial charge in [-0.05, 0) is 30.4 Å². The largest absolute Gasteiger partial charge is 0.467 e. The van der Waals surface area contributed by atoms with E-state index in [0.29, 0.717) is 19.0 Å². The number of nitrogens with zero attached hydrogens (tertiary/aromatic N) is 4. The second-order valence-corrected chi connectivity index (χ2v) is 7.43. The third-order valence-electron chi connectivity index (χ3n) is 5.17. The van der Waals surface area contributed by atoms with Crippen LogP contribution in [0.5, 0.6) is 0 Å². The zero-order chi connectivity index (χ0) is 19.6. The maximum atomic E-state index is 12.6. The molecule has 0 aliphatic carbocycles. The molecule has 1 aliphatic heterocycles. The fraction of sp³-hybridized carbons (Fsp3) is 0.579. The third-order valence-corrected chi connectivity index (χ3v) is 5.17. The Morgan fingerprint density at radius 3 is 2.85 bits per heavy atom. The number of methoxy groups -OCH3 is 1. The quantitative estimate of drug-likeness (QED) is 0.807. The molecule has 146 valence electrons. The van der Waals surface area contributed by atoms with E-state index in [4.69, 9.17) is 4.74 Å². The Bertz CT molecular complexity index is 832. The van der Waals surface area contributed by atoms with E-state index in [0.717, 1.165) is 29.8 Å². The number of hydrogen-bond acceptors (Lipinski definition) is 5. The van der Waals surface area contributed by atoms with Gasteiger partial charge < -0.3 is 19.5 Å². The van der Waals surface area contributed by atoms with Gasteiger partial charge in [-0.3, -0.25) is 0 Å². The lowest BCUT2D eigenvalue weighted by atomic mass is 10.0. The number of pyridine rings is 1. The van der Waals surface area contributed by atoms with E-state index in [-0.39, 0.29) is 11.9 Å². The Balaban J connectivity index is 1.61. The lowest BCUT2D eigenvalue weighted by molar-refractivity contribution is -0.144. The number of carbonyl (C=O) groups excluding carboxylic acids is 2. The van der Waals surface area contributed by atoms with Crippen LogP contribution in [0.1, 0.15) is 26.1 Å². The Hall–Kier alpha value is -2.64. The van der Waals surface area contributed by atoms with Crippen LogP contribution >= 0.6 is 0 Å². The summed E-state index contributed by atoms with van der Waals surface area (Å²) < 4.78 is 6.81. The number of fused-ring (bicyclic) bond motifs is 1. The van der Waals surface area contributed by atoms with Gasteiger partial charge in [0.1, 0.15) is 17.4 Å². The summed E-state index contributed by atoms with van der Waals surface area (Å²) in [5.41, 5.74) is 1.76. The van der Waals surface area contributed by atoms with Crippen molar-refractivity contribution in [1.29, 1.82) is 0 Å². The second-order valence-electron chi connectivity index (χ2n) is 7.43. The normalized spacial score (nSPS) is 18.1. The minimum absolute atomic E-state index is 0.0349. The van der Waals surface area contributed by atoms with Crippen LogP contribution in [-0.4, -0.2) is 57.7 Å². The smallest absolute Gasteiger partial charge is 0.328 e.